The molecule has 0 amide bonds. The minimum Gasteiger partial charge on any atom is -0.339 e. The number of carbonyl (C=O) groups excluding carboxylic acids is 1. The number of carbonyl (C=O) groups is 1. The molecule has 2 heterocycles. The third-order valence-corrected chi connectivity index (χ3v) is 2.03. The van der Waals surface area contributed by atoms with Crippen LogP contribution in [0.25, 0.3) is 11.2 Å². The van der Waals surface area contributed by atoms with Crippen molar-refractivity contribution in [2.75, 3.05) is 0 Å². The maximum Gasteiger partial charge on any atom is 0.332 e. The second kappa shape index (κ2) is 5.78. The summed E-state index contributed by atoms with van der Waals surface area (Å²) >= 11 is 0. The summed E-state index contributed by atoms with van der Waals surface area (Å²) in [5.41, 5.74) is 0.0119. The molecular weight excluding hydrogens is 224 g/mol. The zero-order valence-electron chi connectivity index (χ0n) is 9.22. The van der Waals surface area contributed by atoms with Crippen molar-refractivity contribution in [1.29, 1.82) is 0 Å². The van der Waals surface area contributed by atoms with Crippen LogP contribution in [0, 0.1) is 0 Å². The van der Waals surface area contributed by atoms with Gasteiger partial charge in [-0.3, -0.25) is 13.9 Å². The highest BCUT2D eigenvalue weighted by Gasteiger charge is 2.08. The number of H-pyrrole nitrogens is 1. The van der Waals surface area contributed by atoms with Gasteiger partial charge in [0.25, 0.3) is 5.56 Å². The third kappa shape index (κ3) is 2.49. The van der Waals surface area contributed by atoms with Crippen LogP contribution in [0.3, 0.4) is 0 Å². The summed E-state index contributed by atoms with van der Waals surface area (Å²) in [6.07, 6.45) is 2.14. The molecule has 0 aliphatic carbocycles. The lowest BCUT2D eigenvalue weighted by atomic mass is 10.5. The van der Waals surface area contributed by atoms with Gasteiger partial charge < -0.3 is 9.78 Å². The predicted octanol–water partition coefficient (Wildman–Crippen LogP) is -0.198. The Hall–Kier alpha value is -2.18. The topological polar surface area (TPSA) is 89.8 Å². The normalized spacial score (nSPS) is 9.12. The molecule has 0 atom stereocenters. The number of fused-ring (bicyclic) bond motifs is 1. The lowest BCUT2D eigenvalue weighted by molar-refractivity contribution is -0.106. The van der Waals surface area contributed by atoms with Crippen molar-refractivity contribution in [3.63, 3.8) is 0 Å². The minimum absolute atomic E-state index is 0. The molecule has 2 rings (SSSR count). The Kier molecular flexibility index (Phi) is 5.04. The van der Waals surface area contributed by atoms with Gasteiger partial charge >= 0.3 is 5.69 Å². The zero-order chi connectivity index (χ0) is 12.3. The van der Waals surface area contributed by atoms with Crippen LogP contribution in [-0.2, 0) is 18.9 Å². The molecule has 2 aromatic heterocycles. The molecule has 0 aliphatic heterocycles. The van der Waals surface area contributed by atoms with Gasteiger partial charge in [0.15, 0.2) is 5.65 Å². The molecule has 2 aromatic rings. The number of nitrogens with zero attached hydrogens (tertiary/aromatic N) is 3. The second-order valence-corrected chi connectivity index (χ2v) is 3.04. The SMILES string of the molecule is C.CC=O.Cn1c(=O)c2[nH]cnc2n(C)c1=O. The van der Waals surface area contributed by atoms with Gasteiger partial charge in [-0.05, 0) is 6.92 Å². The van der Waals surface area contributed by atoms with Gasteiger partial charge in [-0.15, -0.1) is 0 Å². The van der Waals surface area contributed by atoms with Crippen molar-refractivity contribution in [1.82, 2.24) is 19.1 Å². The molecule has 0 bridgehead atoms. The molecule has 0 spiro atoms. The van der Waals surface area contributed by atoms with Gasteiger partial charge in [0.1, 0.15) is 11.8 Å². The van der Waals surface area contributed by atoms with Crippen molar-refractivity contribution >= 4 is 17.5 Å². The number of nitrogens with one attached hydrogen (secondary N) is 1. The Labute approximate surface area is 97.7 Å². The molecule has 0 aromatic carbocycles. The molecule has 0 saturated heterocycles. The van der Waals surface area contributed by atoms with E-state index < -0.39 is 0 Å². The molecule has 0 unspecified atom stereocenters. The van der Waals surface area contributed by atoms with Crippen LogP contribution >= 0.6 is 0 Å². The van der Waals surface area contributed by atoms with E-state index in [1.54, 1.807) is 7.05 Å². The van der Waals surface area contributed by atoms with E-state index >= 15 is 0 Å². The van der Waals surface area contributed by atoms with Crippen LogP contribution in [0.1, 0.15) is 14.4 Å². The summed E-state index contributed by atoms with van der Waals surface area (Å²) in [5.74, 6) is 0. The lowest BCUT2D eigenvalue weighted by Gasteiger charge is -2.00. The molecule has 94 valence electrons. The lowest BCUT2D eigenvalue weighted by Crippen LogP contribution is -2.36. The fourth-order valence-corrected chi connectivity index (χ4v) is 1.27. The monoisotopic (exact) mass is 240 g/mol. The first-order chi connectivity index (χ1) is 7.54. The van der Waals surface area contributed by atoms with E-state index in [0.29, 0.717) is 11.2 Å². The van der Waals surface area contributed by atoms with Gasteiger partial charge in [-0.2, -0.15) is 0 Å². The Morgan fingerprint density at radius 2 is 1.82 bits per heavy atom. The largest absolute Gasteiger partial charge is 0.339 e. The highest BCUT2D eigenvalue weighted by Crippen LogP contribution is 1.97. The van der Waals surface area contributed by atoms with Gasteiger partial charge in [-0.1, -0.05) is 7.43 Å². The van der Waals surface area contributed by atoms with Crippen LogP contribution in [0.2, 0.25) is 0 Å². The van der Waals surface area contributed by atoms with E-state index in [1.165, 1.54) is 24.9 Å². The van der Waals surface area contributed by atoms with Gasteiger partial charge in [0.05, 0.1) is 6.33 Å². The number of aldehydes is 1. The van der Waals surface area contributed by atoms with Crippen LogP contribution in [-0.4, -0.2) is 25.4 Å². The zero-order valence-corrected chi connectivity index (χ0v) is 9.22. The first-order valence-electron chi connectivity index (χ1n) is 4.53. The fourth-order valence-electron chi connectivity index (χ4n) is 1.27. The van der Waals surface area contributed by atoms with Crippen molar-refractivity contribution in [3.8, 4) is 0 Å². The van der Waals surface area contributed by atoms with Gasteiger partial charge in [-0.25, -0.2) is 9.78 Å². The number of hydrogen-bond acceptors (Lipinski definition) is 4. The van der Waals surface area contributed by atoms with E-state index in [1.807, 2.05) is 0 Å². The highest BCUT2D eigenvalue weighted by atomic mass is 16.2. The maximum atomic E-state index is 11.4. The van der Waals surface area contributed by atoms with E-state index in [4.69, 9.17) is 4.79 Å². The van der Waals surface area contributed by atoms with Crippen LogP contribution < -0.4 is 11.2 Å². The van der Waals surface area contributed by atoms with E-state index in [2.05, 4.69) is 9.97 Å². The van der Waals surface area contributed by atoms with Gasteiger partial charge in [0.2, 0.25) is 0 Å². The molecule has 1 N–H and O–H groups in total. The average Bonchev–Trinajstić information content (AvgIpc) is 2.73. The molecule has 0 saturated carbocycles. The van der Waals surface area contributed by atoms with Crippen molar-refractivity contribution < 1.29 is 4.79 Å². The highest BCUT2D eigenvalue weighted by molar-refractivity contribution is 5.68. The number of rotatable bonds is 0. The van der Waals surface area contributed by atoms with Crippen molar-refractivity contribution in [3.05, 3.63) is 27.2 Å². The minimum atomic E-state index is -0.371. The Morgan fingerprint density at radius 1 is 1.29 bits per heavy atom. The van der Waals surface area contributed by atoms with Gasteiger partial charge in [0, 0.05) is 14.1 Å². The number of aromatic amines is 1. The van der Waals surface area contributed by atoms with E-state index in [9.17, 15) is 9.59 Å². The number of hydrogen-bond donors (Lipinski definition) is 1. The molecule has 17 heavy (non-hydrogen) atoms. The summed E-state index contributed by atoms with van der Waals surface area (Å²) in [6.45, 7) is 1.44. The van der Waals surface area contributed by atoms with E-state index in [0.717, 1.165) is 10.9 Å². The smallest absolute Gasteiger partial charge is 0.332 e. The summed E-state index contributed by atoms with van der Waals surface area (Å²) in [6, 6.07) is 0. The number of imidazole rings is 1. The fraction of sp³-hybridized carbons (Fsp3) is 0.400. The van der Waals surface area contributed by atoms with Crippen LogP contribution in [0.15, 0.2) is 15.9 Å². The summed E-state index contributed by atoms with van der Waals surface area (Å²) in [5, 5.41) is 0. The standard InChI is InChI=1S/C7H8N4O2.C2H4O.CH4/c1-10-5-4(8-3-9-5)6(12)11(2)7(10)13;1-2-3;/h3H,1-2H3,(H,8,9);2H,1H3;1H4. The number of aromatic nitrogens is 4. The molecule has 0 aliphatic rings. The molecule has 7 nitrogen and oxygen atoms in total. The predicted molar refractivity (Wildman–Crippen MR) is 65.0 cm³/mol. The maximum absolute atomic E-state index is 11.4. The Morgan fingerprint density at radius 3 is 2.35 bits per heavy atom. The summed E-state index contributed by atoms with van der Waals surface area (Å²) < 4.78 is 2.37. The Balaban J connectivity index is 0.000000583. The molecule has 7 heteroatoms. The third-order valence-electron chi connectivity index (χ3n) is 2.03. The summed E-state index contributed by atoms with van der Waals surface area (Å²) in [7, 11) is 3.01. The first kappa shape index (κ1) is 14.8. The second-order valence-electron chi connectivity index (χ2n) is 3.04. The molecule has 0 radical (unpaired) electrons. The van der Waals surface area contributed by atoms with E-state index in [-0.39, 0.29) is 18.7 Å². The molecule has 0 fully saturated rings. The number of aryl methyl sites for hydroxylation is 1. The Bertz CT molecular complexity index is 620. The molecular formula is C10H16N4O3. The summed E-state index contributed by atoms with van der Waals surface area (Å²) in [4.78, 5) is 38.2. The van der Waals surface area contributed by atoms with Crippen LogP contribution in [0.4, 0.5) is 0 Å². The quantitative estimate of drug-likeness (QED) is 0.646. The first-order valence-corrected chi connectivity index (χ1v) is 4.53. The van der Waals surface area contributed by atoms with Crippen molar-refractivity contribution in [2.24, 2.45) is 14.1 Å². The average molecular weight is 240 g/mol. The van der Waals surface area contributed by atoms with Crippen LogP contribution in [0.5, 0.6) is 0 Å². The van der Waals surface area contributed by atoms with Crippen molar-refractivity contribution in [2.45, 2.75) is 14.4 Å².